The summed E-state index contributed by atoms with van der Waals surface area (Å²) >= 11 is 5.86. The molecule has 0 heterocycles. The van der Waals surface area contributed by atoms with Gasteiger partial charge in [0, 0.05) is 29.9 Å². The van der Waals surface area contributed by atoms with Crippen LogP contribution >= 0.6 is 11.6 Å². The second kappa shape index (κ2) is 9.48. The topological polar surface area (TPSA) is 58.2 Å². The van der Waals surface area contributed by atoms with Crippen molar-refractivity contribution < 1.29 is 9.59 Å². The first-order valence-electron chi connectivity index (χ1n) is 8.51. The van der Waals surface area contributed by atoms with Crippen molar-refractivity contribution in [3.63, 3.8) is 0 Å². The van der Waals surface area contributed by atoms with Crippen LogP contribution in [0.1, 0.15) is 31.2 Å². The molecule has 0 aliphatic heterocycles. The van der Waals surface area contributed by atoms with E-state index >= 15 is 0 Å². The summed E-state index contributed by atoms with van der Waals surface area (Å²) < 4.78 is 0. The highest BCUT2D eigenvalue weighted by Crippen LogP contribution is 2.29. The van der Waals surface area contributed by atoms with Crippen molar-refractivity contribution in [3.8, 4) is 0 Å². The molecule has 0 atom stereocenters. The maximum absolute atomic E-state index is 12.2. The molecule has 130 valence electrons. The molecule has 4 nitrogen and oxygen atoms in total. The Kier molecular flexibility index (Phi) is 7.32. The van der Waals surface area contributed by atoms with Gasteiger partial charge in [0.2, 0.25) is 11.8 Å². The summed E-state index contributed by atoms with van der Waals surface area (Å²) in [4.78, 5) is 24.2. The highest BCUT2D eigenvalue weighted by atomic mass is 35.5. The van der Waals surface area contributed by atoms with Crippen LogP contribution < -0.4 is 10.6 Å². The van der Waals surface area contributed by atoms with E-state index in [0.717, 1.165) is 42.7 Å². The van der Waals surface area contributed by atoms with E-state index in [-0.39, 0.29) is 23.7 Å². The molecular weight excluding hydrogens is 324 g/mol. The maximum atomic E-state index is 12.2. The standard InChI is InChI=1S/C19H25ClN2O2/c1-2-12-21-18(23)15-5-7-16(8-6-15)19(24)22-13-11-14-3-9-17(20)10-4-14/h2-4,9-10,15-16H,1,5-8,11-13H2,(H,21,23)(H,22,24). The number of amides is 2. The van der Waals surface area contributed by atoms with Crippen LogP contribution in [0.25, 0.3) is 0 Å². The van der Waals surface area contributed by atoms with E-state index in [0.29, 0.717) is 13.1 Å². The van der Waals surface area contributed by atoms with E-state index in [2.05, 4.69) is 17.2 Å². The van der Waals surface area contributed by atoms with Gasteiger partial charge in [0.05, 0.1) is 0 Å². The van der Waals surface area contributed by atoms with Crippen molar-refractivity contribution in [1.29, 1.82) is 0 Å². The van der Waals surface area contributed by atoms with Crippen LogP contribution in [0.2, 0.25) is 5.02 Å². The quantitative estimate of drug-likeness (QED) is 0.744. The Balaban J connectivity index is 1.68. The zero-order valence-electron chi connectivity index (χ0n) is 13.9. The largest absolute Gasteiger partial charge is 0.356 e. The van der Waals surface area contributed by atoms with Gasteiger partial charge in [-0.25, -0.2) is 0 Å². The average Bonchev–Trinajstić information content (AvgIpc) is 2.61. The summed E-state index contributed by atoms with van der Waals surface area (Å²) in [5.41, 5.74) is 1.15. The van der Waals surface area contributed by atoms with Gasteiger partial charge in [0.1, 0.15) is 0 Å². The molecule has 1 aliphatic carbocycles. The van der Waals surface area contributed by atoms with Gasteiger partial charge in [-0.3, -0.25) is 9.59 Å². The van der Waals surface area contributed by atoms with Gasteiger partial charge in [0.25, 0.3) is 0 Å². The van der Waals surface area contributed by atoms with Crippen LogP contribution in [0.4, 0.5) is 0 Å². The van der Waals surface area contributed by atoms with Crippen LogP contribution in [0.3, 0.4) is 0 Å². The number of benzene rings is 1. The van der Waals surface area contributed by atoms with E-state index in [1.807, 2.05) is 24.3 Å². The van der Waals surface area contributed by atoms with Gasteiger partial charge in [-0.05, 0) is 49.8 Å². The SMILES string of the molecule is C=CCNC(=O)C1CCC(C(=O)NCCc2ccc(Cl)cc2)CC1. The Bertz CT molecular complexity index is 563. The number of rotatable bonds is 7. The zero-order chi connectivity index (χ0) is 17.4. The summed E-state index contributed by atoms with van der Waals surface area (Å²) in [5.74, 6) is 0.243. The van der Waals surface area contributed by atoms with Crippen molar-refractivity contribution in [2.24, 2.45) is 11.8 Å². The molecule has 5 heteroatoms. The molecule has 1 fully saturated rings. The first-order valence-corrected chi connectivity index (χ1v) is 8.88. The fourth-order valence-electron chi connectivity index (χ4n) is 3.06. The predicted molar refractivity (Wildman–Crippen MR) is 96.8 cm³/mol. The fourth-order valence-corrected chi connectivity index (χ4v) is 3.19. The average molecular weight is 349 g/mol. The highest BCUT2D eigenvalue weighted by molar-refractivity contribution is 6.30. The van der Waals surface area contributed by atoms with Crippen molar-refractivity contribution in [3.05, 3.63) is 47.5 Å². The van der Waals surface area contributed by atoms with Crippen molar-refractivity contribution in [2.45, 2.75) is 32.1 Å². The fraction of sp³-hybridized carbons (Fsp3) is 0.474. The second-order valence-electron chi connectivity index (χ2n) is 6.25. The third kappa shape index (κ3) is 5.68. The monoisotopic (exact) mass is 348 g/mol. The van der Waals surface area contributed by atoms with E-state index in [1.165, 1.54) is 0 Å². The normalized spacial score (nSPS) is 20.2. The van der Waals surface area contributed by atoms with Crippen LogP contribution in [-0.4, -0.2) is 24.9 Å². The van der Waals surface area contributed by atoms with Gasteiger partial charge in [-0.1, -0.05) is 29.8 Å². The highest BCUT2D eigenvalue weighted by Gasteiger charge is 2.29. The van der Waals surface area contributed by atoms with Gasteiger partial charge in [-0.2, -0.15) is 0 Å². The van der Waals surface area contributed by atoms with Crippen LogP contribution in [-0.2, 0) is 16.0 Å². The van der Waals surface area contributed by atoms with E-state index in [9.17, 15) is 9.59 Å². The number of halogens is 1. The predicted octanol–water partition coefficient (Wildman–Crippen LogP) is 3.11. The lowest BCUT2D eigenvalue weighted by atomic mass is 9.81. The number of hydrogen-bond acceptors (Lipinski definition) is 2. The second-order valence-corrected chi connectivity index (χ2v) is 6.69. The Labute approximate surface area is 148 Å². The summed E-state index contributed by atoms with van der Waals surface area (Å²) in [6, 6.07) is 7.66. The molecule has 0 saturated heterocycles. The van der Waals surface area contributed by atoms with Crippen molar-refractivity contribution in [1.82, 2.24) is 10.6 Å². The maximum Gasteiger partial charge on any atom is 0.223 e. The third-order valence-electron chi connectivity index (χ3n) is 4.52. The minimum Gasteiger partial charge on any atom is -0.356 e. The van der Waals surface area contributed by atoms with Gasteiger partial charge >= 0.3 is 0 Å². The minimum atomic E-state index is 0.0265. The molecule has 1 aromatic carbocycles. The lowest BCUT2D eigenvalue weighted by Crippen LogP contribution is -2.38. The molecule has 0 aromatic heterocycles. The summed E-state index contributed by atoms with van der Waals surface area (Å²) in [6.45, 7) is 4.72. The molecule has 1 aliphatic rings. The molecule has 24 heavy (non-hydrogen) atoms. The van der Waals surface area contributed by atoms with Gasteiger partial charge in [-0.15, -0.1) is 6.58 Å². The van der Waals surface area contributed by atoms with Crippen molar-refractivity contribution in [2.75, 3.05) is 13.1 Å². The molecule has 0 spiro atoms. The zero-order valence-corrected chi connectivity index (χ0v) is 14.6. The lowest BCUT2D eigenvalue weighted by molar-refractivity contribution is -0.130. The summed E-state index contributed by atoms with van der Waals surface area (Å²) in [5, 5.41) is 6.56. The Morgan fingerprint density at radius 2 is 1.58 bits per heavy atom. The molecule has 2 N–H and O–H groups in total. The molecule has 2 rings (SSSR count). The summed E-state index contributed by atoms with van der Waals surface area (Å²) in [6.07, 6.45) is 5.58. The molecule has 1 aromatic rings. The molecule has 0 bridgehead atoms. The molecule has 0 unspecified atom stereocenters. The Morgan fingerprint density at radius 3 is 2.12 bits per heavy atom. The lowest BCUT2D eigenvalue weighted by Gasteiger charge is -2.27. The van der Waals surface area contributed by atoms with Crippen molar-refractivity contribution >= 4 is 23.4 Å². The van der Waals surface area contributed by atoms with Crippen LogP contribution in [0.15, 0.2) is 36.9 Å². The number of carbonyl (C=O) groups excluding carboxylic acids is 2. The van der Waals surface area contributed by atoms with Crippen LogP contribution in [0.5, 0.6) is 0 Å². The molecular formula is C19H25ClN2O2. The molecule has 2 amide bonds. The van der Waals surface area contributed by atoms with E-state index < -0.39 is 0 Å². The molecule has 0 radical (unpaired) electrons. The first-order chi connectivity index (χ1) is 11.6. The third-order valence-corrected chi connectivity index (χ3v) is 4.77. The number of carbonyl (C=O) groups is 2. The van der Waals surface area contributed by atoms with Gasteiger partial charge in [0.15, 0.2) is 0 Å². The number of nitrogens with one attached hydrogen (secondary N) is 2. The number of hydrogen-bond donors (Lipinski definition) is 2. The molecule has 1 saturated carbocycles. The Morgan fingerprint density at radius 1 is 1.04 bits per heavy atom. The van der Waals surface area contributed by atoms with Gasteiger partial charge < -0.3 is 10.6 Å². The van der Waals surface area contributed by atoms with E-state index in [4.69, 9.17) is 11.6 Å². The van der Waals surface area contributed by atoms with E-state index in [1.54, 1.807) is 6.08 Å². The van der Waals surface area contributed by atoms with Crippen LogP contribution in [0, 0.1) is 11.8 Å². The Hall–Kier alpha value is -1.81. The smallest absolute Gasteiger partial charge is 0.223 e. The minimum absolute atomic E-state index is 0.0265. The first kappa shape index (κ1) is 18.5. The summed E-state index contributed by atoms with van der Waals surface area (Å²) in [7, 11) is 0.